The van der Waals surface area contributed by atoms with Crippen LogP contribution in [0.25, 0.3) is 0 Å². The summed E-state index contributed by atoms with van der Waals surface area (Å²) in [5.41, 5.74) is 3.01. The largest absolute Gasteiger partial charge is 0.504 e. The molecule has 28 heavy (non-hydrogen) atoms. The predicted molar refractivity (Wildman–Crippen MR) is 115 cm³/mol. The van der Waals surface area contributed by atoms with Crippen molar-refractivity contribution < 1.29 is 5.11 Å². The predicted octanol–water partition coefficient (Wildman–Crippen LogP) is 5.14. The van der Waals surface area contributed by atoms with E-state index in [1.54, 1.807) is 0 Å². The third-order valence-electron chi connectivity index (χ3n) is 4.95. The maximum absolute atomic E-state index is 12.8. The monoisotopic (exact) mass is 376 g/mol. The number of benzene rings is 2. The molecular weight excluding hydrogens is 348 g/mol. The molecular formula is C24H28N2O2. The number of anilines is 2. The van der Waals surface area contributed by atoms with Gasteiger partial charge >= 0.3 is 0 Å². The van der Waals surface area contributed by atoms with Crippen molar-refractivity contribution >= 4 is 17.1 Å². The zero-order chi connectivity index (χ0) is 19.9. The zero-order valence-corrected chi connectivity index (χ0v) is 16.7. The van der Waals surface area contributed by atoms with Crippen molar-refractivity contribution in [2.75, 3.05) is 11.4 Å². The van der Waals surface area contributed by atoms with Crippen molar-refractivity contribution in [2.45, 2.75) is 46.0 Å². The summed E-state index contributed by atoms with van der Waals surface area (Å²) in [6, 6.07) is 17.6. The molecule has 0 heterocycles. The Balaban J connectivity index is 1.89. The third-order valence-corrected chi connectivity index (χ3v) is 4.95. The number of para-hydroxylation sites is 1. The molecule has 0 saturated carbocycles. The zero-order valence-electron chi connectivity index (χ0n) is 16.7. The first-order valence-corrected chi connectivity index (χ1v) is 10.1. The smallest absolute Gasteiger partial charge is 0.235 e. The van der Waals surface area contributed by atoms with Crippen LogP contribution in [0, 0.1) is 0 Å². The summed E-state index contributed by atoms with van der Waals surface area (Å²) in [5.74, 6) is -0.0139. The number of aromatic hydroxyl groups is 1. The van der Waals surface area contributed by atoms with Crippen LogP contribution in [-0.2, 0) is 6.42 Å². The van der Waals surface area contributed by atoms with Gasteiger partial charge in [0.15, 0.2) is 11.1 Å². The van der Waals surface area contributed by atoms with Gasteiger partial charge in [0.2, 0.25) is 5.43 Å². The summed E-state index contributed by atoms with van der Waals surface area (Å²) in [6.07, 6.45) is 5.31. The Morgan fingerprint density at radius 3 is 2.21 bits per heavy atom. The van der Waals surface area contributed by atoms with E-state index in [1.165, 1.54) is 5.56 Å². The summed E-state index contributed by atoms with van der Waals surface area (Å²) >= 11 is 0. The molecule has 1 N–H and O–H groups in total. The molecule has 4 heteroatoms. The van der Waals surface area contributed by atoms with E-state index in [2.05, 4.69) is 18.8 Å². The van der Waals surface area contributed by atoms with Gasteiger partial charge in [-0.05, 0) is 49.1 Å². The van der Waals surface area contributed by atoms with E-state index in [0.29, 0.717) is 17.9 Å². The van der Waals surface area contributed by atoms with E-state index in [9.17, 15) is 9.90 Å². The fraction of sp³-hybridized carbons (Fsp3) is 0.333. The van der Waals surface area contributed by atoms with E-state index in [4.69, 9.17) is 0 Å². The number of aryl methyl sites for hydroxylation is 1. The molecule has 3 aromatic carbocycles. The van der Waals surface area contributed by atoms with E-state index < -0.39 is 0 Å². The molecule has 3 aromatic rings. The SMILES string of the molecule is CCCCc1ccc(N=c2c(O)c(N(CCCC)c3ccccc3)c2=O)cc1. The van der Waals surface area contributed by atoms with Gasteiger partial charge in [-0.15, -0.1) is 0 Å². The lowest BCUT2D eigenvalue weighted by Gasteiger charge is -2.26. The van der Waals surface area contributed by atoms with Gasteiger partial charge in [-0.2, -0.15) is 0 Å². The summed E-state index contributed by atoms with van der Waals surface area (Å²) in [7, 11) is 0. The molecule has 146 valence electrons. The van der Waals surface area contributed by atoms with Crippen molar-refractivity contribution in [3.8, 4) is 5.75 Å². The molecule has 0 aromatic heterocycles. The first-order chi connectivity index (χ1) is 13.7. The third kappa shape index (κ3) is 4.33. The molecule has 0 unspecified atom stereocenters. The Morgan fingerprint density at radius 2 is 1.61 bits per heavy atom. The lowest BCUT2D eigenvalue weighted by molar-refractivity contribution is 0.460. The van der Waals surface area contributed by atoms with Crippen LogP contribution in [0.5, 0.6) is 5.75 Å². The molecule has 3 rings (SSSR count). The van der Waals surface area contributed by atoms with E-state index >= 15 is 0 Å². The minimum absolute atomic E-state index is 0.0139. The highest BCUT2D eigenvalue weighted by atomic mass is 16.3. The second-order valence-electron chi connectivity index (χ2n) is 7.10. The normalized spacial score (nSPS) is 11.9. The van der Waals surface area contributed by atoms with Gasteiger partial charge in [0.05, 0.1) is 5.69 Å². The molecule has 0 aliphatic rings. The van der Waals surface area contributed by atoms with Crippen molar-refractivity contribution in [3.63, 3.8) is 0 Å². The van der Waals surface area contributed by atoms with Gasteiger partial charge in [0, 0.05) is 12.2 Å². The highest BCUT2D eigenvalue weighted by Gasteiger charge is 2.25. The van der Waals surface area contributed by atoms with Gasteiger partial charge in [-0.1, -0.05) is 57.0 Å². The first kappa shape index (κ1) is 19.9. The molecule has 0 amide bonds. The molecule has 0 spiro atoms. The van der Waals surface area contributed by atoms with Gasteiger partial charge in [0.1, 0.15) is 5.69 Å². The maximum atomic E-state index is 12.8. The number of unbranched alkanes of at least 4 members (excludes halogenated alkanes) is 2. The second kappa shape index (κ2) is 9.36. The Hall–Kier alpha value is -2.88. The standard InChI is InChI=1S/C24H28N2O2/c1-3-5-10-18-13-15-19(16-14-18)25-21-23(27)22(24(21)28)26(17-6-4-2)20-11-8-7-9-12-20/h7-9,11-16,27H,3-6,10,17H2,1-2H3. The van der Waals surface area contributed by atoms with Gasteiger partial charge in [-0.3, -0.25) is 4.79 Å². The molecule has 4 nitrogen and oxygen atoms in total. The Kier molecular flexibility index (Phi) is 6.64. The van der Waals surface area contributed by atoms with Gasteiger partial charge in [0.25, 0.3) is 0 Å². The average molecular weight is 377 g/mol. The number of nitrogens with zero attached hydrogens (tertiary/aromatic N) is 2. The van der Waals surface area contributed by atoms with Crippen LogP contribution >= 0.6 is 0 Å². The Morgan fingerprint density at radius 1 is 0.929 bits per heavy atom. The van der Waals surface area contributed by atoms with Crippen LogP contribution in [0.4, 0.5) is 17.1 Å². The van der Waals surface area contributed by atoms with Crippen molar-refractivity contribution in [3.05, 3.63) is 75.7 Å². The lowest BCUT2D eigenvalue weighted by atomic mass is 10.1. The first-order valence-electron chi connectivity index (χ1n) is 10.1. The number of rotatable bonds is 9. The fourth-order valence-electron chi connectivity index (χ4n) is 3.27. The highest BCUT2D eigenvalue weighted by Crippen LogP contribution is 2.30. The summed E-state index contributed by atoms with van der Waals surface area (Å²) in [5, 5.41) is 10.7. The lowest BCUT2D eigenvalue weighted by Crippen LogP contribution is -2.39. The molecule has 0 atom stereocenters. The fourth-order valence-corrected chi connectivity index (χ4v) is 3.27. The van der Waals surface area contributed by atoms with E-state index in [-0.39, 0.29) is 16.5 Å². The van der Waals surface area contributed by atoms with Crippen LogP contribution in [-0.4, -0.2) is 11.7 Å². The molecule has 0 saturated heterocycles. The molecule has 0 fully saturated rings. The minimum atomic E-state index is -0.201. The molecule has 0 radical (unpaired) electrons. The molecule has 0 aliphatic carbocycles. The summed E-state index contributed by atoms with van der Waals surface area (Å²) < 4.78 is 0. The second-order valence-corrected chi connectivity index (χ2v) is 7.10. The van der Waals surface area contributed by atoms with E-state index in [0.717, 1.165) is 37.8 Å². The van der Waals surface area contributed by atoms with Gasteiger partial charge in [-0.25, -0.2) is 4.99 Å². The van der Waals surface area contributed by atoms with Crippen LogP contribution in [0.15, 0.2) is 64.4 Å². The van der Waals surface area contributed by atoms with Crippen molar-refractivity contribution in [1.82, 2.24) is 0 Å². The van der Waals surface area contributed by atoms with Crippen LogP contribution < -0.4 is 15.7 Å². The Bertz CT molecular complexity index is 968. The number of hydrogen-bond donors (Lipinski definition) is 1. The van der Waals surface area contributed by atoms with Crippen LogP contribution in [0.1, 0.15) is 45.1 Å². The number of hydrogen-bond acceptors (Lipinski definition) is 4. The van der Waals surface area contributed by atoms with Crippen molar-refractivity contribution in [2.24, 2.45) is 4.99 Å². The minimum Gasteiger partial charge on any atom is -0.504 e. The van der Waals surface area contributed by atoms with E-state index in [1.807, 2.05) is 59.5 Å². The Labute approximate surface area is 166 Å². The summed E-state index contributed by atoms with van der Waals surface area (Å²) in [6.45, 7) is 4.97. The molecule has 0 aliphatic heterocycles. The highest BCUT2D eigenvalue weighted by molar-refractivity contribution is 5.72. The van der Waals surface area contributed by atoms with Crippen LogP contribution in [0.3, 0.4) is 0 Å². The average Bonchev–Trinajstić information content (AvgIpc) is 2.74. The quantitative estimate of drug-likeness (QED) is 0.562. The van der Waals surface area contributed by atoms with Crippen molar-refractivity contribution in [1.29, 1.82) is 0 Å². The van der Waals surface area contributed by atoms with Crippen LogP contribution in [0.2, 0.25) is 0 Å². The maximum Gasteiger partial charge on any atom is 0.235 e. The molecule has 0 bridgehead atoms. The topological polar surface area (TPSA) is 52.9 Å². The summed E-state index contributed by atoms with van der Waals surface area (Å²) in [4.78, 5) is 19.1. The van der Waals surface area contributed by atoms with Gasteiger partial charge < -0.3 is 10.0 Å².